The number of para-hydroxylation sites is 1. The minimum absolute atomic E-state index is 0.00664. The third kappa shape index (κ3) is 25.7. The van der Waals surface area contributed by atoms with E-state index in [1.165, 1.54) is 103 Å². The van der Waals surface area contributed by atoms with Crippen LogP contribution in [0.15, 0.2) is 188 Å². The van der Waals surface area contributed by atoms with Gasteiger partial charge in [-0.3, -0.25) is 46.7 Å². The first-order valence-corrected chi connectivity index (χ1v) is 50.9. The number of carbonyl (C=O) groups excluding carboxylic acids is 3. The van der Waals surface area contributed by atoms with Crippen LogP contribution >= 0.6 is 23.5 Å². The second-order valence-electron chi connectivity index (χ2n) is 31.6. The van der Waals surface area contributed by atoms with Crippen molar-refractivity contribution in [2.24, 2.45) is 4.99 Å². The number of hydrogen-bond acceptors (Lipinski definition) is 24. The number of nitrogens with one attached hydrogen (secondary N) is 2. The quantitative estimate of drug-likeness (QED) is 0.0159. The number of nitro benzene ring substituents is 1. The highest BCUT2D eigenvalue weighted by atomic mass is 32.2. The van der Waals surface area contributed by atoms with Gasteiger partial charge in [0.15, 0.2) is 17.2 Å². The Morgan fingerprint density at radius 2 is 1.25 bits per heavy atom. The van der Waals surface area contributed by atoms with Gasteiger partial charge in [0.05, 0.1) is 99.1 Å². The Kier molecular flexibility index (Phi) is 33.3. The van der Waals surface area contributed by atoms with Crippen molar-refractivity contribution in [2.45, 2.75) is 168 Å². The van der Waals surface area contributed by atoms with Gasteiger partial charge in [0.1, 0.15) is 51.6 Å². The fraction of sp³-hybridized carbons (Fsp3) is 0.341. The molecular weight excluding hydrogens is 1840 g/mol. The number of hydrogen-bond donors (Lipinski definition) is 2. The number of esters is 1. The summed E-state index contributed by atoms with van der Waals surface area (Å²) < 4.78 is 221. The van der Waals surface area contributed by atoms with E-state index in [0.29, 0.717) is 75.3 Å². The van der Waals surface area contributed by atoms with Crippen LogP contribution in [0.2, 0.25) is 0 Å². The average Bonchev–Trinajstić information content (AvgIpc) is 0.977. The van der Waals surface area contributed by atoms with E-state index in [1.807, 2.05) is 26.8 Å². The molecule has 8 aromatic carbocycles. The Bertz CT molecular complexity index is 6590. The average molecular weight is 1940 g/mol. The molecule has 0 bridgehead atoms. The SMILES string of the molecule is CC(C)N(c1cc2c(cc1Cc1ccc(F)cc1F)C(=O)CC2)S(C)(=O)=O.CC(C)N(c1cc2occ(NC=O)c(=O)c2cc1Oc1ccccc1)S(C)(=O)=O.CCC1CSC(Sc2cc3c(cc2N(C(C)C)S(C)(=O)=O)COC3=O)=N1.COc1cc([N+](=O)[O-])ccc1N(C(C)C)S(C)(=O)=O.Cc1ccc(-c2cc(C(F)(F)F)nn2-c2ccc(S(=O)(=O)NC(C)C)cc2)cc1. The minimum atomic E-state index is -4.60. The van der Waals surface area contributed by atoms with E-state index in [2.05, 4.69) is 27.1 Å². The van der Waals surface area contributed by atoms with Crippen LogP contribution in [-0.4, -0.2) is 153 Å². The lowest BCUT2D eigenvalue weighted by Crippen LogP contribution is -2.37. The summed E-state index contributed by atoms with van der Waals surface area (Å²) >= 11 is 3.10. The summed E-state index contributed by atoms with van der Waals surface area (Å²) in [6.45, 7) is 21.6. The lowest BCUT2D eigenvalue weighted by molar-refractivity contribution is -0.384. The molecule has 3 aliphatic rings. The van der Waals surface area contributed by atoms with Crippen molar-refractivity contribution >= 4 is 141 Å². The normalized spacial score (nSPS) is 13.8. The van der Waals surface area contributed by atoms with Crippen LogP contribution in [0.4, 0.5) is 56.1 Å². The molecule has 42 heteroatoms. The number of aromatic nitrogens is 2. The number of carbonyl (C=O) groups is 3. The predicted molar refractivity (Wildman–Crippen MR) is 496 cm³/mol. The number of non-ortho nitro benzene ring substituents is 1. The lowest BCUT2D eigenvalue weighted by atomic mass is 9.97. The maximum atomic E-state index is 14.2. The number of cyclic esters (lactones) is 1. The Morgan fingerprint density at radius 3 is 1.78 bits per heavy atom. The number of thioether (sulfide) groups is 2. The molecule has 1 atom stereocenters. The number of aliphatic imine (C=N–C) groups is 1. The predicted octanol–water partition coefficient (Wildman–Crippen LogP) is 17.0. The molecule has 4 heterocycles. The molecule has 10 aromatic rings. The van der Waals surface area contributed by atoms with Gasteiger partial charge in [-0.15, -0.1) is 0 Å². The molecular formula is C88H99F5N10O20S7. The summed E-state index contributed by atoms with van der Waals surface area (Å²) in [4.78, 5) is 63.0. The molecule has 130 heavy (non-hydrogen) atoms. The maximum Gasteiger partial charge on any atom is 0.435 e. The van der Waals surface area contributed by atoms with Crippen LogP contribution in [0.3, 0.4) is 0 Å². The third-order valence-corrected chi connectivity index (χ3v) is 28.9. The fourth-order valence-corrected chi connectivity index (χ4v) is 23.0. The molecule has 2 N–H and O–H groups in total. The zero-order valence-corrected chi connectivity index (χ0v) is 79.6. The van der Waals surface area contributed by atoms with Crippen molar-refractivity contribution in [3.05, 3.63) is 241 Å². The van der Waals surface area contributed by atoms with Gasteiger partial charge in [0, 0.05) is 88.6 Å². The highest BCUT2D eigenvalue weighted by molar-refractivity contribution is 8.39. The molecule has 0 spiro atoms. The number of nitrogens with zero attached hydrogens (tertiary/aromatic N) is 8. The highest BCUT2D eigenvalue weighted by Gasteiger charge is 2.38. The smallest absolute Gasteiger partial charge is 0.435 e. The van der Waals surface area contributed by atoms with Gasteiger partial charge in [0.25, 0.3) is 5.69 Å². The molecule has 0 saturated carbocycles. The number of Topliss-reactive ketones (excluding diaryl/α,β-unsaturated/α-hetero) is 1. The lowest BCUT2D eigenvalue weighted by Gasteiger charge is -2.29. The van der Waals surface area contributed by atoms with E-state index in [1.54, 1.807) is 140 Å². The second kappa shape index (κ2) is 42.3. The zero-order valence-electron chi connectivity index (χ0n) is 73.9. The van der Waals surface area contributed by atoms with Crippen LogP contribution < -0.4 is 42.2 Å². The summed E-state index contributed by atoms with van der Waals surface area (Å²) in [6, 6.07) is 37.9. The molecule has 698 valence electrons. The highest BCUT2D eigenvalue weighted by Crippen LogP contribution is 2.45. The summed E-state index contributed by atoms with van der Waals surface area (Å²) in [5.41, 5.74) is 5.46. The standard InChI is InChI=1S/C20H20F3N3O2S.C20H21F2NO3S.C20H20N2O6S.C17H22N2O4S3.C11H16N2O5S/c1-13(2)25-29(27,28)17-10-8-16(9-11-17)26-18(12-19(24-26)20(21,22)23)15-6-4-14(3)5-7-15;1-12(2)23(27(3,25)26)19-10-13-5-7-20(24)17(13)9-15(19)8-14-4-6-16(21)11-18(14)22;1-13(2)22(29(3,25)26)17-10-18-15(20(24)16(11-27-18)21-12-23)9-19(17)28-14-7-5-4-6-8-14;1-5-12-9-24-17(18-12)25-15-7-13-11(8-23-16(13)20)6-14(15)19(10(2)3)26(4,21)22;1-8(2)12(19(4,16)17)10-6-5-9(13(14)15)7-11(10)18-3/h4-13,25H,1-3H3;4,6,9-12H,5,7-8H2,1-3H3;4-13H,1-3H3,(H,21,23);6-7,10,12H,5,8-9H2,1-4H3;5-8H,1-4H3. The zero-order chi connectivity index (χ0) is 96.4. The van der Waals surface area contributed by atoms with E-state index in [-0.39, 0.29) is 110 Å². The number of rotatable bonds is 27. The molecule has 0 saturated heterocycles. The van der Waals surface area contributed by atoms with Crippen LogP contribution in [-0.2, 0) is 85.3 Å². The Morgan fingerprint density at radius 1 is 0.662 bits per heavy atom. The topological polar surface area (TPSA) is 390 Å². The maximum absolute atomic E-state index is 14.2. The molecule has 1 aliphatic carbocycles. The van der Waals surface area contributed by atoms with Gasteiger partial charge in [-0.1, -0.05) is 84.5 Å². The number of amides is 1. The van der Waals surface area contributed by atoms with Gasteiger partial charge in [-0.05, 0) is 191 Å². The van der Waals surface area contributed by atoms with E-state index in [4.69, 9.17) is 18.6 Å². The van der Waals surface area contributed by atoms with Gasteiger partial charge in [-0.25, -0.2) is 65.1 Å². The Hall–Kier alpha value is -11.3. The van der Waals surface area contributed by atoms with Crippen molar-refractivity contribution in [3.8, 4) is 34.2 Å². The number of benzene rings is 8. The number of anilines is 5. The number of nitro groups is 1. The number of halogens is 5. The summed E-state index contributed by atoms with van der Waals surface area (Å²) in [6.07, 6.45) is 3.34. The van der Waals surface area contributed by atoms with E-state index in [0.717, 1.165) is 80.8 Å². The largest absolute Gasteiger partial charge is 0.494 e. The van der Waals surface area contributed by atoms with Gasteiger partial charge >= 0.3 is 12.1 Å². The van der Waals surface area contributed by atoms with Crippen LogP contribution in [0.1, 0.15) is 143 Å². The first-order chi connectivity index (χ1) is 60.6. The molecule has 13 rings (SSSR count). The number of sulfonamides is 5. The van der Waals surface area contributed by atoms with E-state index >= 15 is 0 Å². The van der Waals surface area contributed by atoms with Gasteiger partial charge in [0.2, 0.25) is 62.0 Å². The second-order valence-corrected chi connectivity index (χ2v) is 43.0. The molecule has 2 aromatic heterocycles. The van der Waals surface area contributed by atoms with Gasteiger partial charge < -0.3 is 23.9 Å². The monoisotopic (exact) mass is 1930 g/mol. The molecule has 2 aliphatic heterocycles. The fourth-order valence-electron chi connectivity index (χ4n) is 14.2. The van der Waals surface area contributed by atoms with Gasteiger partial charge in [-0.2, -0.15) is 18.3 Å². The molecule has 0 radical (unpaired) electrons. The summed E-state index contributed by atoms with van der Waals surface area (Å²) in [7, 11) is -16.6. The minimum Gasteiger partial charge on any atom is -0.494 e. The number of alkyl halides is 3. The third-order valence-electron chi connectivity index (χ3n) is 19.5. The van der Waals surface area contributed by atoms with E-state index < -0.39 is 90.0 Å². The summed E-state index contributed by atoms with van der Waals surface area (Å²) in [5.74, 6) is -0.0438. The first kappa shape index (κ1) is 102. The van der Waals surface area contributed by atoms with Crippen molar-refractivity contribution in [1.29, 1.82) is 0 Å². The first-order valence-electron chi connectivity index (χ1n) is 40.2. The van der Waals surface area contributed by atoms with Crippen molar-refractivity contribution in [3.63, 3.8) is 0 Å². The Balaban J connectivity index is 0.000000184. The molecule has 1 amide bonds. The van der Waals surface area contributed by atoms with Crippen molar-refractivity contribution in [1.82, 2.24) is 14.5 Å². The van der Waals surface area contributed by atoms with Crippen LogP contribution in [0.5, 0.6) is 17.2 Å². The van der Waals surface area contributed by atoms with Crippen molar-refractivity contribution < 1.29 is 102 Å². The molecule has 1 unspecified atom stereocenters. The molecule has 30 nitrogen and oxygen atoms in total. The molecule has 0 fully saturated rings. The Labute approximate surface area is 760 Å². The number of methoxy groups -OCH3 is 1. The number of ketones is 1. The number of ether oxygens (including phenoxy) is 3. The number of fused-ring (bicyclic) bond motifs is 3. The van der Waals surface area contributed by atoms with Crippen LogP contribution in [0, 0.1) is 28.7 Å². The summed E-state index contributed by atoms with van der Waals surface area (Å²) in [5, 5.41) is 16.8. The van der Waals surface area contributed by atoms with Crippen LogP contribution in [0.25, 0.3) is 27.9 Å². The van der Waals surface area contributed by atoms with Crippen molar-refractivity contribution in [2.75, 3.05) is 60.4 Å². The van der Waals surface area contributed by atoms with E-state index in [9.17, 15) is 93.3 Å². The number of aryl methyl sites for hydroxylation is 2.